The Balaban J connectivity index is 0.000000606. The van der Waals surface area contributed by atoms with E-state index in [1.807, 2.05) is 33.0 Å². The number of allylic oxidation sites excluding steroid dienone is 2. The van der Waals surface area contributed by atoms with Crippen molar-refractivity contribution in [1.29, 1.82) is 0 Å². The maximum atomic E-state index is 10.6. The van der Waals surface area contributed by atoms with Gasteiger partial charge < -0.3 is 15.5 Å². The zero-order chi connectivity index (χ0) is 12.0. The SMILES string of the molecule is CC.CC1=CNNC(OCC2CC(=O)N2)=C1. The molecule has 2 rings (SSSR count). The fraction of sp³-hybridized carbons (Fsp3) is 0.545. The largest absolute Gasteiger partial charge is 0.476 e. The molecule has 0 spiro atoms. The minimum Gasteiger partial charge on any atom is -0.476 e. The third-order valence-corrected chi connectivity index (χ3v) is 2.09. The van der Waals surface area contributed by atoms with Gasteiger partial charge in [0.25, 0.3) is 0 Å². The molecule has 1 atom stereocenters. The maximum absolute atomic E-state index is 10.6. The van der Waals surface area contributed by atoms with Crippen molar-refractivity contribution in [2.24, 2.45) is 0 Å². The Kier molecular flexibility index (Phi) is 4.69. The molecule has 0 aromatic heterocycles. The molecule has 3 N–H and O–H groups in total. The second-order valence-corrected chi connectivity index (χ2v) is 3.45. The van der Waals surface area contributed by atoms with Crippen molar-refractivity contribution in [3.05, 3.63) is 23.7 Å². The lowest BCUT2D eigenvalue weighted by Gasteiger charge is -2.27. The first-order valence-electron chi connectivity index (χ1n) is 5.56. The number of hydrazine groups is 1. The predicted octanol–water partition coefficient (Wildman–Crippen LogP) is 0.771. The molecule has 1 fully saturated rings. The van der Waals surface area contributed by atoms with Crippen LogP contribution in [0.4, 0.5) is 0 Å². The van der Waals surface area contributed by atoms with E-state index in [0.717, 1.165) is 5.57 Å². The Morgan fingerprint density at radius 2 is 2.19 bits per heavy atom. The van der Waals surface area contributed by atoms with Crippen LogP contribution >= 0.6 is 0 Å². The first-order valence-corrected chi connectivity index (χ1v) is 5.56. The summed E-state index contributed by atoms with van der Waals surface area (Å²) in [6, 6.07) is 0.163. The van der Waals surface area contributed by atoms with Gasteiger partial charge in [-0.1, -0.05) is 13.8 Å². The minimum absolute atomic E-state index is 0.0957. The summed E-state index contributed by atoms with van der Waals surface area (Å²) < 4.78 is 5.44. The average Bonchev–Trinajstić information content (AvgIpc) is 2.26. The topological polar surface area (TPSA) is 62.4 Å². The Labute approximate surface area is 95.9 Å². The smallest absolute Gasteiger partial charge is 0.222 e. The molecule has 0 saturated carbocycles. The van der Waals surface area contributed by atoms with Gasteiger partial charge in [0.1, 0.15) is 6.61 Å². The van der Waals surface area contributed by atoms with Crippen LogP contribution in [0.5, 0.6) is 0 Å². The lowest BCUT2D eigenvalue weighted by Crippen LogP contribution is -2.51. The first-order chi connectivity index (χ1) is 7.74. The second-order valence-electron chi connectivity index (χ2n) is 3.45. The summed E-state index contributed by atoms with van der Waals surface area (Å²) in [5.41, 5.74) is 6.82. The van der Waals surface area contributed by atoms with Gasteiger partial charge in [-0.2, -0.15) is 0 Å². The van der Waals surface area contributed by atoms with Gasteiger partial charge in [0, 0.05) is 12.3 Å². The van der Waals surface area contributed by atoms with Crippen molar-refractivity contribution in [1.82, 2.24) is 16.2 Å². The summed E-state index contributed by atoms with van der Waals surface area (Å²) in [4.78, 5) is 10.6. The van der Waals surface area contributed by atoms with Crippen LogP contribution in [-0.2, 0) is 9.53 Å². The number of carbonyl (C=O) groups is 1. The van der Waals surface area contributed by atoms with Crippen molar-refractivity contribution in [3.8, 4) is 0 Å². The van der Waals surface area contributed by atoms with E-state index >= 15 is 0 Å². The van der Waals surface area contributed by atoms with Crippen molar-refractivity contribution in [2.75, 3.05) is 6.61 Å². The van der Waals surface area contributed by atoms with E-state index < -0.39 is 0 Å². The van der Waals surface area contributed by atoms with Crippen LogP contribution in [0.3, 0.4) is 0 Å². The van der Waals surface area contributed by atoms with Gasteiger partial charge in [-0.3, -0.25) is 10.2 Å². The van der Waals surface area contributed by atoms with Crippen molar-refractivity contribution in [2.45, 2.75) is 33.2 Å². The number of β-lactam (4-membered cyclic amide) rings is 1. The second kappa shape index (κ2) is 6.05. The van der Waals surface area contributed by atoms with E-state index in [2.05, 4.69) is 16.2 Å². The fourth-order valence-electron chi connectivity index (χ4n) is 1.30. The maximum Gasteiger partial charge on any atom is 0.222 e. The molecule has 1 saturated heterocycles. The number of amides is 1. The van der Waals surface area contributed by atoms with Crippen LogP contribution in [0.1, 0.15) is 27.2 Å². The molecule has 5 heteroatoms. The van der Waals surface area contributed by atoms with Gasteiger partial charge in [-0.05, 0) is 12.5 Å². The van der Waals surface area contributed by atoms with Crippen LogP contribution < -0.4 is 16.2 Å². The molecular formula is C11H19N3O2. The van der Waals surface area contributed by atoms with Crippen molar-refractivity contribution in [3.63, 3.8) is 0 Å². The lowest BCUT2D eigenvalue weighted by molar-refractivity contribution is -0.129. The molecule has 16 heavy (non-hydrogen) atoms. The van der Waals surface area contributed by atoms with Gasteiger partial charge in [0.2, 0.25) is 11.8 Å². The summed E-state index contributed by atoms with van der Waals surface area (Å²) in [6.07, 6.45) is 4.31. The minimum atomic E-state index is 0.0957. The Bertz CT molecular complexity index is 302. The summed E-state index contributed by atoms with van der Waals surface area (Å²) in [7, 11) is 0. The van der Waals surface area contributed by atoms with Crippen LogP contribution in [0.15, 0.2) is 23.7 Å². The van der Waals surface area contributed by atoms with Gasteiger partial charge in [0.15, 0.2) is 0 Å². The standard InChI is InChI=1S/C9H13N3O2.C2H6/c1-6-2-9(12-10-4-6)14-5-7-3-8(13)11-7;1-2/h2,4,7,10,12H,3,5H2,1H3,(H,11,13);1-2H3. The highest BCUT2D eigenvalue weighted by Crippen LogP contribution is 2.08. The van der Waals surface area contributed by atoms with E-state index in [-0.39, 0.29) is 11.9 Å². The van der Waals surface area contributed by atoms with Crippen LogP contribution in [0.2, 0.25) is 0 Å². The molecule has 0 aliphatic carbocycles. The summed E-state index contributed by atoms with van der Waals surface area (Å²) in [5.74, 6) is 0.782. The molecule has 0 radical (unpaired) electrons. The number of ether oxygens (including phenoxy) is 1. The van der Waals surface area contributed by atoms with Crippen LogP contribution in [0.25, 0.3) is 0 Å². The monoisotopic (exact) mass is 225 g/mol. The van der Waals surface area contributed by atoms with E-state index in [4.69, 9.17) is 4.74 Å². The number of hydrogen-bond acceptors (Lipinski definition) is 4. The summed E-state index contributed by atoms with van der Waals surface area (Å²) in [5, 5.41) is 2.74. The van der Waals surface area contributed by atoms with E-state index in [1.165, 1.54) is 0 Å². The van der Waals surface area contributed by atoms with Crippen molar-refractivity contribution >= 4 is 5.91 Å². The highest BCUT2D eigenvalue weighted by molar-refractivity contribution is 5.82. The van der Waals surface area contributed by atoms with Crippen LogP contribution in [0, 0.1) is 0 Å². The normalized spacial score (nSPS) is 21.9. The molecule has 5 nitrogen and oxygen atoms in total. The van der Waals surface area contributed by atoms with Gasteiger partial charge in [-0.15, -0.1) is 0 Å². The van der Waals surface area contributed by atoms with Crippen LogP contribution in [-0.4, -0.2) is 18.6 Å². The highest BCUT2D eigenvalue weighted by atomic mass is 16.5. The van der Waals surface area contributed by atoms with Gasteiger partial charge in [0.05, 0.1) is 12.5 Å². The quantitative estimate of drug-likeness (QED) is 0.621. The van der Waals surface area contributed by atoms with E-state index in [9.17, 15) is 4.79 Å². The number of carbonyl (C=O) groups excluding carboxylic acids is 1. The molecular weight excluding hydrogens is 206 g/mol. The number of nitrogens with one attached hydrogen (secondary N) is 3. The molecule has 0 aromatic rings. The average molecular weight is 225 g/mol. The molecule has 1 amide bonds. The summed E-state index contributed by atoms with van der Waals surface area (Å²) in [6.45, 7) is 6.49. The molecule has 2 heterocycles. The molecule has 2 aliphatic rings. The molecule has 0 aromatic carbocycles. The van der Waals surface area contributed by atoms with E-state index in [1.54, 1.807) is 0 Å². The third kappa shape index (κ3) is 3.49. The molecule has 90 valence electrons. The Hall–Kier alpha value is -1.65. The zero-order valence-corrected chi connectivity index (χ0v) is 9.96. The predicted molar refractivity (Wildman–Crippen MR) is 62.0 cm³/mol. The fourth-order valence-corrected chi connectivity index (χ4v) is 1.30. The van der Waals surface area contributed by atoms with Gasteiger partial charge >= 0.3 is 0 Å². The molecule has 2 aliphatic heterocycles. The van der Waals surface area contributed by atoms with Gasteiger partial charge in [-0.25, -0.2) is 0 Å². The highest BCUT2D eigenvalue weighted by Gasteiger charge is 2.25. The zero-order valence-electron chi connectivity index (χ0n) is 9.96. The van der Waals surface area contributed by atoms with E-state index in [0.29, 0.717) is 18.9 Å². The molecule has 0 bridgehead atoms. The lowest BCUT2D eigenvalue weighted by atomic mass is 10.1. The Morgan fingerprint density at radius 3 is 2.75 bits per heavy atom. The first kappa shape index (κ1) is 12.4. The third-order valence-electron chi connectivity index (χ3n) is 2.09. The Morgan fingerprint density at radius 1 is 1.50 bits per heavy atom. The number of rotatable bonds is 3. The summed E-state index contributed by atoms with van der Waals surface area (Å²) >= 11 is 0. The van der Waals surface area contributed by atoms with Crippen molar-refractivity contribution < 1.29 is 9.53 Å². The molecule has 1 unspecified atom stereocenters. The number of hydrogen-bond donors (Lipinski definition) is 3.